The fraction of sp³-hybridized carbons (Fsp3) is 0.500. The lowest BCUT2D eigenvalue weighted by atomic mass is 10.1. The monoisotopic (exact) mass is 111 g/mol. The van der Waals surface area contributed by atoms with Gasteiger partial charge in [-0.3, -0.25) is 4.79 Å². The van der Waals surface area contributed by atoms with Crippen molar-refractivity contribution in [2.24, 2.45) is 11.7 Å². The van der Waals surface area contributed by atoms with Crippen molar-refractivity contribution in [2.75, 3.05) is 0 Å². The lowest BCUT2D eigenvalue weighted by Gasteiger charge is -1.97. The Kier molecular flexibility index (Phi) is 1.33. The lowest BCUT2D eigenvalue weighted by molar-refractivity contribution is -0.120. The molecule has 0 bridgehead atoms. The number of amides is 1. The van der Waals surface area contributed by atoms with Gasteiger partial charge in [-0.25, -0.2) is 0 Å². The summed E-state index contributed by atoms with van der Waals surface area (Å²) in [5.74, 6) is -0.172. The first-order chi connectivity index (χ1) is 3.80. The highest BCUT2D eigenvalue weighted by Gasteiger charge is 2.13. The van der Waals surface area contributed by atoms with Crippen LogP contribution in [0.25, 0.3) is 0 Å². The molecule has 0 aromatic rings. The maximum Gasteiger partial charge on any atom is 0.224 e. The second-order valence-electron chi connectivity index (χ2n) is 2.01. The van der Waals surface area contributed by atoms with Crippen molar-refractivity contribution < 1.29 is 4.79 Å². The summed E-state index contributed by atoms with van der Waals surface area (Å²) < 4.78 is 0. The number of hydrogen-bond acceptors (Lipinski definition) is 1. The molecule has 0 spiro atoms. The van der Waals surface area contributed by atoms with E-state index in [0.717, 1.165) is 12.8 Å². The topological polar surface area (TPSA) is 43.1 Å². The quantitative estimate of drug-likeness (QED) is 0.490. The molecule has 2 nitrogen and oxygen atoms in total. The molecule has 0 aromatic heterocycles. The van der Waals surface area contributed by atoms with Crippen molar-refractivity contribution in [2.45, 2.75) is 12.8 Å². The van der Waals surface area contributed by atoms with Crippen molar-refractivity contribution in [3.05, 3.63) is 12.2 Å². The number of rotatable bonds is 1. The van der Waals surface area contributed by atoms with Crippen molar-refractivity contribution in [3.63, 3.8) is 0 Å². The van der Waals surface area contributed by atoms with E-state index in [1.54, 1.807) is 0 Å². The maximum atomic E-state index is 10.4. The van der Waals surface area contributed by atoms with Gasteiger partial charge in [-0.15, -0.1) is 0 Å². The molecule has 0 saturated carbocycles. The summed E-state index contributed by atoms with van der Waals surface area (Å²) in [6.07, 6.45) is 5.79. The van der Waals surface area contributed by atoms with Crippen LogP contribution in [0, 0.1) is 5.92 Å². The molecule has 0 radical (unpaired) electrons. The summed E-state index contributed by atoms with van der Waals surface area (Å²) in [5, 5.41) is 0. The SMILES string of the molecule is NC(=O)[C@@H]1C=CCC1. The molecule has 2 heteroatoms. The van der Waals surface area contributed by atoms with Gasteiger partial charge in [-0.1, -0.05) is 12.2 Å². The normalized spacial score (nSPS) is 26.2. The molecule has 0 saturated heterocycles. The van der Waals surface area contributed by atoms with Gasteiger partial charge < -0.3 is 5.73 Å². The van der Waals surface area contributed by atoms with E-state index in [0.29, 0.717) is 0 Å². The van der Waals surface area contributed by atoms with Crippen molar-refractivity contribution >= 4 is 5.91 Å². The smallest absolute Gasteiger partial charge is 0.224 e. The molecular weight excluding hydrogens is 102 g/mol. The van der Waals surface area contributed by atoms with Gasteiger partial charge in [0.25, 0.3) is 0 Å². The minimum Gasteiger partial charge on any atom is -0.369 e. The minimum absolute atomic E-state index is 0.0231. The van der Waals surface area contributed by atoms with Crippen LogP contribution in [0.1, 0.15) is 12.8 Å². The van der Waals surface area contributed by atoms with Crippen LogP contribution in [0.15, 0.2) is 12.2 Å². The van der Waals surface area contributed by atoms with E-state index in [1.165, 1.54) is 0 Å². The van der Waals surface area contributed by atoms with Crippen LogP contribution in [0.2, 0.25) is 0 Å². The highest BCUT2D eigenvalue weighted by atomic mass is 16.1. The maximum absolute atomic E-state index is 10.4. The molecule has 0 aromatic carbocycles. The molecule has 1 amide bonds. The fourth-order valence-electron chi connectivity index (χ4n) is 0.870. The Morgan fingerprint density at radius 1 is 1.75 bits per heavy atom. The molecule has 0 unspecified atom stereocenters. The molecule has 0 aliphatic heterocycles. The highest BCUT2D eigenvalue weighted by Crippen LogP contribution is 2.15. The van der Waals surface area contributed by atoms with Gasteiger partial charge in [0, 0.05) is 0 Å². The molecule has 1 aliphatic rings. The number of primary amides is 1. The van der Waals surface area contributed by atoms with Gasteiger partial charge in [0.1, 0.15) is 0 Å². The number of carbonyl (C=O) groups is 1. The molecule has 44 valence electrons. The van der Waals surface area contributed by atoms with Crippen LogP contribution in [-0.4, -0.2) is 5.91 Å². The number of hydrogen-bond donors (Lipinski definition) is 1. The third-order valence-electron chi connectivity index (χ3n) is 1.38. The van der Waals surface area contributed by atoms with Crippen LogP contribution < -0.4 is 5.73 Å². The van der Waals surface area contributed by atoms with E-state index in [9.17, 15) is 4.79 Å². The van der Waals surface area contributed by atoms with E-state index in [2.05, 4.69) is 0 Å². The van der Waals surface area contributed by atoms with Gasteiger partial charge in [-0.05, 0) is 12.8 Å². The summed E-state index contributed by atoms with van der Waals surface area (Å²) in [6, 6.07) is 0. The third-order valence-corrected chi connectivity index (χ3v) is 1.38. The molecule has 0 heterocycles. The highest BCUT2D eigenvalue weighted by molar-refractivity contribution is 5.78. The first-order valence-electron chi connectivity index (χ1n) is 2.76. The Balaban J connectivity index is 2.48. The first-order valence-corrected chi connectivity index (χ1v) is 2.76. The Labute approximate surface area is 48.4 Å². The minimum atomic E-state index is -0.196. The summed E-state index contributed by atoms with van der Waals surface area (Å²) >= 11 is 0. The van der Waals surface area contributed by atoms with E-state index < -0.39 is 0 Å². The van der Waals surface area contributed by atoms with Gasteiger partial charge in [0.15, 0.2) is 0 Å². The zero-order valence-corrected chi connectivity index (χ0v) is 4.63. The van der Waals surface area contributed by atoms with E-state index in [4.69, 9.17) is 5.73 Å². The fourth-order valence-corrected chi connectivity index (χ4v) is 0.870. The van der Waals surface area contributed by atoms with Crippen molar-refractivity contribution in [1.82, 2.24) is 0 Å². The molecular formula is C6H9NO. The Bertz CT molecular complexity index is 128. The lowest BCUT2D eigenvalue weighted by Crippen LogP contribution is -2.19. The Morgan fingerprint density at radius 3 is 2.75 bits per heavy atom. The van der Waals surface area contributed by atoms with E-state index >= 15 is 0 Å². The van der Waals surface area contributed by atoms with Crippen LogP contribution in [-0.2, 0) is 4.79 Å². The summed E-state index contributed by atoms with van der Waals surface area (Å²) in [4.78, 5) is 10.4. The van der Waals surface area contributed by atoms with Gasteiger partial charge in [0.2, 0.25) is 5.91 Å². The van der Waals surface area contributed by atoms with Gasteiger partial charge in [0.05, 0.1) is 5.92 Å². The number of carbonyl (C=O) groups excluding carboxylic acids is 1. The first kappa shape index (κ1) is 5.35. The van der Waals surface area contributed by atoms with Gasteiger partial charge >= 0.3 is 0 Å². The standard InChI is InChI=1S/C6H9NO/c7-6(8)5-3-1-2-4-5/h1,3,5H,2,4H2,(H2,7,8)/t5-/m1/s1. The third kappa shape index (κ3) is 0.886. The average Bonchev–Trinajstić information content (AvgIpc) is 2.12. The van der Waals surface area contributed by atoms with Crippen LogP contribution in [0.5, 0.6) is 0 Å². The molecule has 1 atom stereocenters. The Hall–Kier alpha value is -0.790. The molecule has 0 fully saturated rings. The predicted octanol–water partition coefficient (Wildman–Crippen LogP) is 0.438. The second-order valence-corrected chi connectivity index (χ2v) is 2.01. The second kappa shape index (κ2) is 1.99. The molecule has 8 heavy (non-hydrogen) atoms. The van der Waals surface area contributed by atoms with Crippen molar-refractivity contribution in [3.8, 4) is 0 Å². The Morgan fingerprint density at radius 2 is 2.50 bits per heavy atom. The van der Waals surface area contributed by atoms with Crippen LogP contribution in [0.3, 0.4) is 0 Å². The van der Waals surface area contributed by atoms with Crippen molar-refractivity contribution in [1.29, 1.82) is 0 Å². The zero-order valence-electron chi connectivity index (χ0n) is 4.63. The van der Waals surface area contributed by atoms with Gasteiger partial charge in [-0.2, -0.15) is 0 Å². The average molecular weight is 111 g/mol. The van der Waals surface area contributed by atoms with Crippen LogP contribution in [0.4, 0.5) is 0 Å². The van der Waals surface area contributed by atoms with Crippen LogP contribution >= 0.6 is 0 Å². The molecule has 1 rings (SSSR count). The molecule has 1 aliphatic carbocycles. The number of allylic oxidation sites excluding steroid dienone is 1. The molecule has 2 N–H and O–H groups in total. The van der Waals surface area contributed by atoms with E-state index in [1.807, 2.05) is 12.2 Å². The summed E-state index contributed by atoms with van der Waals surface area (Å²) in [6.45, 7) is 0. The predicted molar refractivity (Wildman–Crippen MR) is 31.1 cm³/mol. The van der Waals surface area contributed by atoms with E-state index in [-0.39, 0.29) is 11.8 Å². The summed E-state index contributed by atoms with van der Waals surface area (Å²) in [5.41, 5.74) is 5.01. The summed E-state index contributed by atoms with van der Waals surface area (Å²) in [7, 11) is 0. The largest absolute Gasteiger partial charge is 0.369 e. The number of nitrogens with two attached hydrogens (primary N) is 1. The zero-order chi connectivity index (χ0) is 5.98.